The molecule has 0 aromatic carbocycles. The van der Waals surface area contributed by atoms with E-state index >= 15 is 0 Å². The van der Waals surface area contributed by atoms with Crippen LogP contribution in [0.3, 0.4) is 0 Å². The van der Waals surface area contributed by atoms with Gasteiger partial charge in [0.1, 0.15) is 5.69 Å². The molecule has 90 valence electrons. The monoisotopic (exact) mass is 252 g/mol. The van der Waals surface area contributed by atoms with E-state index in [9.17, 15) is 4.79 Å². The predicted molar refractivity (Wildman–Crippen MR) is 65.0 cm³/mol. The number of H-pyrrole nitrogens is 1. The molecule has 0 atom stereocenters. The second-order valence-corrected chi connectivity index (χ2v) is 4.05. The molecule has 2 aromatic heterocycles. The third kappa shape index (κ3) is 3.35. The molecule has 0 saturated carbocycles. The van der Waals surface area contributed by atoms with Crippen molar-refractivity contribution in [3.05, 3.63) is 41.4 Å². The first-order valence-electron chi connectivity index (χ1n) is 5.35. The maximum absolute atomic E-state index is 11.5. The first-order valence-corrected chi connectivity index (χ1v) is 5.73. The summed E-state index contributed by atoms with van der Waals surface area (Å²) < 4.78 is 1.75. The molecular formula is C11H13ClN4O. The molecule has 1 amide bonds. The Labute approximate surface area is 104 Å². The summed E-state index contributed by atoms with van der Waals surface area (Å²) in [5, 5.41) is 7.49. The summed E-state index contributed by atoms with van der Waals surface area (Å²) in [6.07, 6.45) is 5.89. The van der Waals surface area contributed by atoms with Crippen LogP contribution in [-0.4, -0.2) is 27.2 Å². The fourth-order valence-corrected chi connectivity index (χ4v) is 1.63. The second kappa shape index (κ2) is 5.54. The van der Waals surface area contributed by atoms with Gasteiger partial charge >= 0.3 is 0 Å². The zero-order valence-corrected chi connectivity index (χ0v) is 9.94. The largest absolute Gasteiger partial charge is 0.357 e. The van der Waals surface area contributed by atoms with Gasteiger partial charge in [0.05, 0.1) is 11.2 Å². The summed E-state index contributed by atoms with van der Waals surface area (Å²) >= 11 is 5.73. The molecule has 6 heteroatoms. The Bertz CT molecular complexity index is 477. The third-order valence-electron chi connectivity index (χ3n) is 2.29. The van der Waals surface area contributed by atoms with Crippen molar-refractivity contribution in [1.82, 2.24) is 20.1 Å². The van der Waals surface area contributed by atoms with Crippen LogP contribution in [0.1, 0.15) is 16.9 Å². The van der Waals surface area contributed by atoms with Crippen molar-refractivity contribution in [2.45, 2.75) is 13.0 Å². The molecular weight excluding hydrogens is 240 g/mol. The van der Waals surface area contributed by atoms with Gasteiger partial charge in [-0.15, -0.1) is 0 Å². The number of rotatable bonds is 5. The maximum atomic E-state index is 11.5. The number of aromatic amines is 1. The van der Waals surface area contributed by atoms with Crippen molar-refractivity contribution in [1.29, 1.82) is 0 Å². The molecule has 0 spiro atoms. The highest BCUT2D eigenvalue weighted by molar-refractivity contribution is 6.30. The standard InChI is InChI=1S/C11H13ClN4O/c12-9-7-15-16(8-9)6-2-5-14-11(17)10-3-1-4-13-10/h1,3-4,7-8,13H,2,5-6H2,(H,14,17). The Hall–Kier alpha value is -1.75. The maximum Gasteiger partial charge on any atom is 0.267 e. The molecule has 0 saturated heterocycles. The number of hydrogen-bond acceptors (Lipinski definition) is 2. The highest BCUT2D eigenvalue weighted by Gasteiger charge is 2.04. The smallest absolute Gasteiger partial charge is 0.267 e. The van der Waals surface area contributed by atoms with Gasteiger partial charge in [-0.1, -0.05) is 11.6 Å². The fraction of sp³-hybridized carbons (Fsp3) is 0.273. The molecule has 2 heterocycles. The van der Waals surface area contributed by atoms with Gasteiger partial charge in [0.25, 0.3) is 5.91 Å². The van der Waals surface area contributed by atoms with Gasteiger partial charge in [-0.05, 0) is 18.6 Å². The molecule has 2 rings (SSSR count). The molecule has 5 nitrogen and oxygen atoms in total. The Morgan fingerprint density at radius 3 is 3.12 bits per heavy atom. The van der Waals surface area contributed by atoms with E-state index in [2.05, 4.69) is 15.4 Å². The van der Waals surface area contributed by atoms with Crippen LogP contribution in [0.4, 0.5) is 0 Å². The number of carbonyl (C=O) groups is 1. The molecule has 2 aromatic rings. The summed E-state index contributed by atoms with van der Waals surface area (Å²) in [7, 11) is 0. The van der Waals surface area contributed by atoms with Crippen molar-refractivity contribution in [3.8, 4) is 0 Å². The van der Waals surface area contributed by atoms with Crippen LogP contribution < -0.4 is 5.32 Å². The lowest BCUT2D eigenvalue weighted by molar-refractivity contribution is 0.0948. The summed E-state index contributed by atoms with van der Waals surface area (Å²) in [5.41, 5.74) is 0.576. The molecule has 17 heavy (non-hydrogen) atoms. The first-order chi connectivity index (χ1) is 8.25. The van der Waals surface area contributed by atoms with Gasteiger partial charge in [-0.25, -0.2) is 0 Å². The molecule has 0 aliphatic rings. The van der Waals surface area contributed by atoms with Crippen LogP contribution in [0.5, 0.6) is 0 Å². The minimum Gasteiger partial charge on any atom is -0.357 e. The number of hydrogen-bond donors (Lipinski definition) is 2. The van der Waals surface area contributed by atoms with Crippen molar-refractivity contribution < 1.29 is 4.79 Å². The number of halogens is 1. The van der Waals surface area contributed by atoms with Gasteiger partial charge in [0.2, 0.25) is 0 Å². The lowest BCUT2D eigenvalue weighted by Gasteiger charge is -2.03. The van der Waals surface area contributed by atoms with Crippen molar-refractivity contribution >= 4 is 17.5 Å². The number of carbonyl (C=O) groups excluding carboxylic acids is 1. The van der Waals surface area contributed by atoms with E-state index in [-0.39, 0.29) is 5.91 Å². The summed E-state index contributed by atoms with van der Waals surface area (Å²) in [6.45, 7) is 1.34. The van der Waals surface area contributed by atoms with E-state index in [4.69, 9.17) is 11.6 Å². The SMILES string of the molecule is O=C(NCCCn1cc(Cl)cn1)c1ccc[nH]1. The normalized spacial score (nSPS) is 10.4. The van der Waals surface area contributed by atoms with E-state index < -0.39 is 0 Å². The zero-order chi connectivity index (χ0) is 12.1. The molecule has 0 unspecified atom stereocenters. The Morgan fingerprint density at radius 2 is 2.47 bits per heavy atom. The highest BCUT2D eigenvalue weighted by atomic mass is 35.5. The molecule has 0 radical (unpaired) electrons. The third-order valence-corrected chi connectivity index (χ3v) is 2.49. The zero-order valence-electron chi connectivity index (χ0n) is 9.19. The lowest BCUT2D eigenvalue weighted by Crippen LogP contribution is -2.25. The van der Waals surface area contributed by atoms with Crippen LogP contribution in [0.25, 0.3) is 0 Å². The van der Waals surface area contributed by atoms with Crippen molar-refractivity contribution in [3.63, 3.8) is 0 Å². The van der Waals surface area contributed by atoms with Crippen molar-refractivity contribution in [2.24, 2.45) is 0 Å². The Kier molecular flexibility index (Phi) is 3.82. The molecule has 0 aliphatic carbocycles. The van der Waals surface area contributed by atoms with Gasteiger partial charge < -0.3 is 10.3 Å². The quantitative estimate of drug-likeness (QED) is 0.796. The second-order valence-electron chi connectivity index (χ2n) is 3.61. The van der Waals surface area contributed by atoms with Crippen LogP contribution in [-0.2, 0) is 6.54 Å². The van der Waals surface area contributed by atoms with E-state index in [1.165, 1.54) is 0 Å². The Balaban J connectivity index is 1.68. The topological polar surface area (TPSA) is 62.7 Å². The lowest BCUT2D eigenvalue weighted by atomic mass is 10.3. The summed E-state index contributed by atoms with van der Waals surface area (Å²) in [4.78, 5) is 14.4. The number of aromatic nitrogens is 3. The molecule has 2 N–H and O–H groups in total. The van der Waals surface area contributed by atoms with Crippen LogP contribution in [0.15, 0.2) is 30.7 Å². The van der Waals surface area contributed by atoms with E-state index in [0.717, 1.165) is 13.0 Å². The van der Waals surface area contributed by atoms with Crippen LogP contribution in [0.2, 0.25) is 5.02 Å². The summed E-state index contributed by atoms with van der Waals surface area (Å²) in [5.74, 6) is -0.0894. The molecule has 0 aliphatic heterocycles. The number of nitrogens with one attached hydrogen (secondary N) is 2. The van der Waals surface area contributed by atoms with E-state index in [1.54, 1.807) is 35.4 Å². The van der Waals surface area contributed by atoms with E-state index in [0.29, 0.717) is 17.3 Å². The van der Waals surface area contributed by atoms with Crippen LogP contribution in [0, 0.1) is 0 Å². The average Bonchev–Trinajstić information content (AvgIpc) is 2.95. The van der Waals surface area contributed by atoms with Gasteiger partial charge in [0, 0.05) is 25.5 Å². The van der Waals surface area contributed by atoms with Gasteiger partial charge in [0.15, 0.2) is 0 Å². The summed E-state index contributed by atoms with van der Waals surface area (Å²) in [6, 6.07) is 3.53. The molecule has 0 fully saturated rings. The number of amides is 1. The predicted octanol–water partition coefficient (Wildman–Crippen LogP) is 1.68. The van der Waals surface area contributed by atoms with Gasteiger partial charge in [-0.3, -0.25) is 9.48 Å². The van der Waals surface area contributed by atoms with E-state index in [1.807, 2.05) is 0 Å². The highest BCUT2D eigenvalue weighted by Crippen LogP contribution is 2.04. The molecule has 0 bridgehead atoms. The fourth-order valence-electron chi connectivity index (χ4n) is 1.47. The minimum absolute atomic E-state index is 0.0894. The minimum atomic E-state index is -0.0894. The number of nitrogens with zero attached hydrogens (tertiary/aromatic N) is 2. The first kappa shape index (κ1) is 11.7. The van der Waals surface area contributed by atoms with Gasteiger partial charge in [-0.2, -0.15) is 5.10 Å². The number of aryl methyl sites for hydroxylation is 1. The van der Waals surface area contributed by atoms with Crippen LogP contribution >= 0.6 is 11.6 Å². The Morgan fingerprint density at radius 1 is 1.59 bits per heavy atom. The average molecular weight is 253 g/mol. The van der Waals surface area contributed by atoms with Crippen molar-refractivity contribution in [2.75, 3.05) is 6.54 Å².